The van der Waals surface area contributed by atoms with Gasteiger partial charge in [0.05, 0.1) is 0 Å². The zero-order chi connectivity index (χ0) is 19.8. The predicted octanol–water partition coefficient (Wildman–Crippen LogP) is 3.83. The topological polar surface area (TPSA) is 39.3 Å². The van der Waals surface area contributed by atoms with E-state index in [0.29, 0.717) is 0 Å². The summed E-state index contributed by atoms with van der Waals surface area (Å²) in [7, 11) is 0. The zero-order valence-corrected chi connectivity index (χ0v) is 17.2. The Morgan fingerprint density at radius 2 is 1.72 bits per heavy atom. The number of fused-ring (bicyclic) bond motifs is 1. The lowest BCUT2D eigenvalue weighted by Crippen LogP contribution is -2.47. The summed E-state index contributed by atoms with van der Waals surface area (Å²) in [5.74, 6) is 0. The van der Waals surface area contributed by atoms with Gasteiger partial charge in [-0.2, -0.15) is 0 Å². The number of nitrogens with zero attached hydrogens (tertiary/aromatic N) is 2. The smallest absolute Gasteiger partial charge is 0.256 e. The predicted molar refractivity (Wildman–Crippen MR) is 119 cm³/mol. The number of piperazine rings is 1. The van der Waals surface area contributed by atoms with Gasteiger partial charge in [-0.15, -0.1) is 0 Å². The van der Waals surface area contributed by atoms with Crippen LogP contribution in [0.5, 0.6) is 0 Å². The van der Waals surface area contributed by atoms with Crippen LogP contribution in [0, 0.1) is 6.92 Å². The highest BCUT2D eigenvalue weighted by Crippen LogP contribution is 2.27. The van der Waals surface area contributed by atoms with Gasteiger partial charge in [0.1, 0.15) is 0 Å². The van der Waals surface area contributed by atoms with Crippen LogP contribution in [0.1, 0.15) is 24.0 Å². The van der Waals surface area contributed by atoms with E-state index in [-0.39, 0.29) is 5.56 Å². The van der Waals surface area contributed by atoms with E-state index < -0.39 is 0 Å². The Bertz CT molecular complexity index is 1060. The fourth-order valence-corrected chi connectivity index (χ4v) is 4.53. The summed E-state index contributed by atoms with van der Waals surface area (Å²) in [5, 5.41) is 1.79. The Morgan fingerprint density at radius 3 is 2.45 bits per heavy atom. The molecule has 0 radical (unpaired) electrons. The molecule has 2 aliphatic rings. The van der Waals surface area contributed by atoms with Gasteiger partial charge in [0.2, 0.25) is 0 Å². The van der Waals surface area contributed by atoms with E-state index in [4.69, 9.17) is 0 Å². The van der Waals surface area contributed by atoms with Crippen LogP contribution in [0.25, 0.3) is 22.0 Å². The third-order valence-corrected chi connectivity index (χ3v) is 6.56. The van der Waals surface area contributed by atoms with Gasteiger partial charge in [-0.25, -0.2) is 0 Å². The summed E-state index contributed by atoms with van der Waals surface area (Å²) in [6.07, 6.45) is 3.90. The number of hydrogen-bond acceptors (Lipinski definition) is 3. The third kappa shape index (κ3) is 4.00. The monoisotopic (exact) mass is 387 g/mol. The Morgan fingerprint density at radius 1 is 0.966 bits per heavy atom. The van der Waals surface area contributed by atoms with Gasteiger partial charge in [0.25, 0.3) is 5.56 Å². The number of H-pyrrole nitrogens is 1. The molecule has 0 amide bonds. The van der Waals surface area contributed by atoms with E-state index in [1.165, 1.54) is 44.6 Å². The number of pyridine rings is 1. The van der Waals surface area contributed by atoms with Gasteiger partial charge >= 0.3 is 0 Å². The molecule has 1 saturated carbocycles. The lowest BCUT2D eigenvalue weighted by atomic mass is 10.0. The summed E-state index contributed by atoms with van der Waals surface area (Å²) in [6, 6.07) is 17.6. The van der Waals surface area contributed by atoms with Crippen molar-refractivity contribution in [3.05, 3.63) is 70.0 Å². The minimum atomic E-state index is -0.0179. The van der Waals surface area contributed by atoms with Gasteiger partial charge in [0.15, 0.2) is 0 Å². The molecule has 2 fully saturated rings. The number of benzene rings is 2. The van der Waals surface area contributed by atoms with Crippen LogP contribution < -0.4 is 5.56 Å². The molecule has 4 heteroatoms. The van der Waals surface area contributed by atoms with Crippen LogP contribution in [0.3, 0.4) is 0 Å². The first-order valence-corrected chi connectivity index (χ1v) is 10.9. The summed E-state index contributed by atoms with van der Waals surface area (Å²) in [4.78, 5) is 20.8. The molecule has 2 heterocycles. The fourth-order valence-electron chi connectivity index (χ4n) is 4.53. The largest absolute Gasteiger partial charge is 0.321 e. The maximum atomic E-state index is 12.5. The Balaban J connectivity index is 1.25. The van der Waals surface area contributed by atoms with Crippen molar-refractivity contribution in [3.8, 4) is 11.3 Å². The molecule has 1 saturated heterocycles. The van der Waals surface area contributed by atoms with Crippen LogP contribution in [0.15, 0.2) is 53.3 Å². The SMILES string of the molecule is Cc1cccc2c(=O)[nH]c(-c3ccc(CCN4CCN(C5CC5)CC4)cc3)cc12. The summed E-state index contributed by atoms with van der Waals surface area (Å²) >= 11 is 0. The van der Waals surface area contributed by atoms with Crippen molar-refractivity contribution < 1.29 is 0 Å². The van der Waals surface area contributed by atoms with Crippen LogP contribution >= 0.6 is 0 Å². The number of aromatic amines is 1. The van der Waals surface area contributed by atoms with E-state index in [9.17, 15) is 4.79 Å². The Kier molecular flexibility index (Phi) is 4.98. The van der Waals surface area contributed by atoms with Crippen LogP contribution in [-0.2, 0) is 6.42 Å². The number of rotatable bonds is 5. The molecule has 2 aromatic carbocycles. The molecule has 4 nitrogen and oxygen atoms in total. The maximum absolute atomic E-state index is 12.5. The van der Waals surface area contributed by atoms with Crippen molar-refractivity contribution in [1.82, 2.24) is 14.8 Å². The molecule has 5 rings (SSSR count). The highest BCUT2D eigenvalue weighted by atomic mass is 16.1. The first kappa shape index (κ1) is 18.6. The Labute approximate surface area is 172 Å². The molecule has 150 valence electrons. The van der Waals surface area contributed by atoms with Gasteiger partial charge in [0, 0.05) is 49.8 Å². The van der Waals surface area contributed by atoms with Crippen molar-refractivity contribution in [2.24, 2.45) is 0 Å². The molecular formula is C25H29N3O. The lowest BCUT2D eigenvalue weighted by Gasteiger charge is -2.34. The second-order valence-corrected chi connectivity index (χ2v) is 8.60. The van der Waals surface area contributed by atoms with Crippen LogP contribution in [-0.4, -0.2) is 53.5 Å². The maximum Gasteiger partial charge on any atom is 0.256 e. The van der Waals surface area contributed by atoms with Crippen molar-refractivity contribution in [2.45, 2.75) is 32.2 Å². The number of nitrogens with one attached hydrogen (secondary N) is 1. The minimum Gasteiger partial charge on any atom is -0.321 e. The Hall–Kier alpha value is -2.43. The number of aryl methyl sites for hydroxylation is 1. The molecule has 3 aromatic rings. The van der Waals surface area contributed by atoms with Gasteiger partial charge in [-0.1, -0.05) is 36.4 Å². The van der Waals surface area contributed by atoms with Crippen molar-refractivity contribution in [2.75, 3.05) is 32.7 Å². The van der Waals surface area contributed by atoms with E-state index in [1.54, 1.807) is 0 Å². The zero-order valence-electron chi connectivity index (χ0n) is 17.2. The molecule has 1 aliphatic carbocycles. The third-order valence-electron chi connectivity index (χ3n) is 6.56. The van der Waals surface area contributed by atoms with E-state index in [2.05, 4.69) is 58.1 Å². The lowest BCUT2D eigenvalue weighted by molar-refractivity contribution is 0.127. The van der Waals surface area contributed by atoms with Crippen molar-refractivity contribution in [1.29, 1.82) is 0 Å². The van der Waals surface area contributed by atoms with Crippen molar-refractivity contribution >= 4 is 10.8 Å². The van der Waals surface area contributed by atoms with Gasteiger partial charge < -0.3 is 9.88 Å². The number of hydrogen-bond donors (Lipinski definition) is 1. The van der Waals surface area contributed by atoms with Gasteiger partial charge in [-0.05, 0) is 60.4 Å². The fraction of sp³-hybridized carbons (Fsp3) is 0.400. The molecular weight excluding hydrogens is 358 g/mol. The molecule has 0 atom stereocenters. The van der Waals surface area contributed by atoms with E-state index in [0.717, 1.165) is 46.6 Å². The average Bonchev–Trinajstić information content (AvgIpc) is 3.59. The van der Waals surface area contributed by atoms with E-state index in [1.807, 2.05) is 12.1 Å². The molecule has 0 bridgehead atoms. The molecule has 1 N–H and O–H groups in total. The normalized spacial score (nSPS) is 18.4. The highest BCUT2D eigenvalue weighted by Gasteiger charge is 2.30. The summed E-state index contributed by atoms with van der Waals surface area (Å²) in [5.41, 5.74) is 4.43. The van der Waals surface area contributed by atoms with Crippen LogP contribution in [0.4, 0.5) is 0 Å². The first-order chi connectivity index (χ1) is 14.2. The van der Waals surface area contributed by atoms with E-state index >= 15 is 0 Å². The second kappa shape index (κ2) is 7.77. The van der Waals surface area contributed by atoms with Crippen molar-refractivity contribution in [3.63, 3.8) is 0 Å². The average molecular weight is 388 g/mol. The summed E-state index contributed by atoms with van der Waals surface area (Å²) in [6.45, 7) is 8.05. The molecule has 0 unspecified atom stereocenters. The second-order valence-electron chi connectivity index (χ2n) is 8.60. The minimum absolute atomic E-state index is 0.0179. The summed E-state index contributed by atoms with van der Waals surface area (Å²) < 4.78 is 0. The molecule has 1 aliphatic heterocycles. The highest BCUT2D eigenvalue weighted by molar-refractivity contribution is 5.87. The molecule has 29 heavy (non-hydrogen) atoms. The number of aromatic nitrogens is 1. The first-order valence-electron chi connectivity index (χ1n) is 10.9. The van der Waals surface area contributed by atoms with Crippen LogP contribution in [0.2, 0.25) is 0 Å². The quantitative estimate of drug-likeness (QED) is 0.723. The standard InChI is InChI=1S/C25H29N3O/c1-18-3-2-4-22-23(18)17-24(26-25(22)29)20-7-5-19(6-8-20)11-12-27-13-15-28(16-14-27)21-9-10-21/h2-8,17,21H,9-16H2,1H3,(H,26,29). The molecule has 0 spiro atoms. The molecule has 1 aromatic heterocycles. The van der Waals surface area contributed by atoms with Gasteiger partial charge in [-0.3, -0.25) is 9.69 Å².